The number of anilines is 2. The molecule has 6 aromatic rings. The molecule has 12 rings (SSSR count). The number of aryl methyl sites for hydroxylation is 4. The quantitative estimate of drug-likeness (QED) is 0.165. The molecule has 6 aliphatic rings. The van der Waals surface area contributed by atoms with Crippen LogP contribution >= 0.6 is 0 Å². The minimum Gasteiger partial charge on any atom is -0.380 e. The second kappa shape index (κ2) is 20.1. The largest absolute Gasteiger partial charge is 0.380 e. The van der Waals surface area contributed by atoms with Gasteiger partial charge in [-0.05, 0) is 151 Å². The number of piperidine rings is 2. The highest BCUT2D eigenvalue weighted by Gasteiger charge is 2.31. The number of hydrogen-bond donors (Lipinski definition) is 0. The van der Waals surface area contributed by atoms with Gasteiger partial charge in [-0.3, -0.25) is 9.80 Å². The number of benzene rings is 2. The SMILES string of the molecule is Cc1nc(N2CCOCC2)cc(-n2ncc3cc(C)c(C4CCN(C5CCOC5)CC4)cc32)n1.Cc1nc(N2CCOCC2)cc(-n2ncc3cc(C)c(C4CCN(C5CCOC5)CC4)cc32)n1. The van der Waals surface area contributed by atoms with Crippen molar-refractivity contribution in [2.75, 3.05) is 115 Å². The molecule has 360 valence electrons. The van der Waals surface area contributed by atoms with Crippen molar-refractivity contribution in [1.29, 1.82) is 0 Å². The van der Waals surface area contributed by atoms with Crippen LogP contribution < -0.4 is 9.80 Å². The minimum atomic E-state index is 0.586. The molecule has 0 spiro atoms. The Hall–Kier alpha value is -5.10. The third-order valence-electron chi connectivity index (χ3n) is 15.4. The molecule has 68 heavy (non-hydrogen) atoms. The van der Waals surface area contributed by atoms with E-state index in [0.717, 1.165) is 162 Å². The summed E-state index contributed by atoms with van der Waals surface area (Å²) < 4.78 is 26.3. The molecule has 2 aromatic carbocycles. The average Bonchev–Trinajstić information content (AvgIpc) is 4.23. The lowest BCUT2D eigenvalue weighted by atomic mass is 9.86. The zero-order valence-corrected chi connectivity index (χ0v) is 40.5. The van der Waals surface area contributed by atoms with Gasteiger partial charge in [0.2, 0.25) is 0 Å². The summed E-state index contributed by atoms with van der Waals surface area (Å²) in [6.45, 7) is 23.0. The van der Waals surface area contributed by atoms with Crippen LogP contribution in [0.15, 0.2) is 48.8 Å². The van der Waals surface area contributed by atoms with Crippen LogP contribution in [0.25, 0.3) is 33.4 Å². The minimum absolute atomic E-state index is 0.586. The first-order chi connectivity index (χ1) is 33.3. The topological polar surface area (TPSA) is 137 Å². The highest BCUT2D eigenvalue weighted by atomic mass is 16.5. The second-order valence-corrected chi connectivity index (χ2v) is 19.8. The first kappa shape index (κ1) is 45.3. The Morgan fingerprint density at radius 1 is 0.426 bits per heavy atom. The molecule has 0 amide bonds. The Kier molecular flexibility index (Phi) is 13.4. The molecule has 0 bridgehead atoms. The maximum Gasteiger partial charge on any atom is 0.159 e. The smallest absolute Gasteiger partial charge is 0.159 e. The molecule has 0 radical (unpaired) electrons. The Morgan fingerprint density at radius 2 is 0.824 bits per heavy atom. The number of rotatable bonds is 8. The van der Waals surface area contributed by atoms with E-state index in [0.29, 0.717) is 23.9 Å². The van der Waals surface area contributed by atoms with Crippen molar-refractivity contribution in [3.8, 4) is 11.6 Å². The number of ether oxygens (including phenoxy) is 4. The Labute approximate surface area is 399 Å². The lowest BCUT2D eigenvalue weighted by Crippen LogP contribution is -2.41. The van der Waals surface area contributed by atoms with Crippen molar-refractivity contribution in [2.45, 2.75) is 90.1 Å². The number of likely N-dealkylation sites (tertiary alicyclic amines) is 2. The van der Waals surface area contributed by atoms with E-state index in [2.05, 4.69) is 69.8 Å². The molecule has 2 unspecified atom stereocenters. The van der Waals surface area contributed by atoms with Gasteiger partial charge >= 0.3 is 0 Å². The Bertz CT molecular complexity index is 2500. The molecule has 6 aliphatic heterocycles. The fraction of sp³-hybridized carbons (Fsp3) is 0.577. The summed E-state index contributed by atoms with van der Waals surface area (Å²) in [5, 5.41) is 11.8. The first-order valence-electron chi connectivity index (χ1n) is 25.3. The van der Waals surface area contributed by atoms with Crippen molar-refractivity contribution in [3.05, 3.63) is 82.7 Å². The fourth-order valence-corrected chi connectivity index (χ4v) is 11.6. The van der Waals surface area contributed by atoms with E-state index in [9.17, 15) is 0 Å². The molecule has 16 nitrogen and oxygen atoms in total. The van der Waals surface area contributed by atoms with E-state index >= 15 is 0 Å². The van der Waals surface area contributed by atoms with Gasteiger partial charge in [-0.25, -0.2) is 29.3 Å². The Morgan fingerprint density at radius 3 is 1.21 bits per heavy atom. The highest BCUT2D eigenvalue weighted by Crippen LogP contribution is 2.37. The summed E-state index contributed by atoms with van der Waals surface area (Å²) in [6.07, 6.45) is 11.1. The Balaban J connectivity index is 0.000000149. The van der Waals surface area contributed by atoms with Crippen molar-refractivity contribution in [1.82, 2.24) is 49.3 Å². The van der Waals surface area contributed by atoms with Gasteiger partial charge in [0.25, 0.3) is 0 Å². The molecule has 0 aliphatic carbocycles. The maximum atomic E-state index is 5.62. The van der Waals surface area contributed by atoms with Crippen molar-refractivity contribution < 1.29 is 18.9 Å². The van der Waals surface area contributed by atoms with E-state index in [1.54, 1.807) is 0 Å². The monoisotopic (exact) mass is 925 g/mol. The lowest BCUT2D eigenvalue weighted by Gasteiger charge is -2.36. The fourth-order valence-electron chi connectivity index (χ4n) is 11.6. The van der Waals surface area contributed by atoms with Gasteiger partial charge in [0.15, 0.2) is 11.6 Å². The summed E-state index contributed by atoms with van der Waals surface area (Å²) in [6, 6.07) is 14.7. The van der Waals surface area contributed by atoms with Crippen LogP contribution in [-0.4, -0.2) is 167 Å². The van der Waals surface area contributed by atoms with Gasteiger partial charge in [0, 0.05) is 74.4 Å². The van der Waals surface area contributed by atoms with Crippen LogP contribution in [0.5, 0.6) is 0 Å². The van der Waals surface area contributed by atoms with E-state index in [-0.39, 0.29) is 0 Å². The molecular weight excluding hydrogens is 857 g/mol. The molecular formula is C52H68N12O4. The third-order valence-corrected chi connectivity index (χ3v) is 15.4. The molecule has 6 saturated heterocycles. The van der Waals surface area contributed by atoms with Gasteiger partial charge in [-0.15, -0.1) is 0 Å². The van der Waals surface area contributed by atoms with Crippen LogP contribution in [0.2, 0.25) is 0 Å². The molecule has 4 aromatic heterocycles. The van der Waals surface area contributed by atoms with E-state index in [1.807, 2.05) is 35.6 Å². The predicted molar refractivity (Wildman–Crippen MR) is 264 cm³/mol. The summed E-state index contributed by atoms with van der Waals surface area (Å²) >= 11 is 0. The van der Waals surface area contributed by atoms with Gasteiger partial charge in [0.05, 0.1) is 63.1 Å². The molecule has 10 heterocycles. The van der Waals surface area contributed by atoms with Crippen molar-refractivity contribution in [2.24, 2.45) is 0 Å². The van der Waals surface area contributed by atoms with Crippen LogP contribution in [-0.2, 0) is 18.9 Å². The van der Waals surface area contributed by atoms with Crippen LogP contribution in [0.3, 0.4) is 0 Å². The van der Waals surface area contributed by atoms with Crippen LogP contribution in [0.1, 0.15) is 84.3 Å². The van der Waals surface area contributed by atoms with E-state index in [4.69, 9.17) is 49.1 Å². The van der Waals surface area contributed by atoms with Gasteiger partial charge in [-0.1, -0.05) is 0 Å². The third kappa shape index (κ3) is 9.60. The number of aromatic nitrogens is 8. The zero-order chi connectivity index (χ0) is 46.1. The van der Waals surface area contributed by atoms with Crippen molar-refractivity contribution >= 4 is 33.4 Å². The predicted octanol–water partition coefficient (Wildman–Crippen LogP) is 6.47. The second-order valence-electron chi connectivity index (χ2n) is 19.8. The molecule has 2 atom stereocenters. The highest BCUT2D eigenvalue weighted by molar-refractivity contribution is 5.83. The first-order valence-corrected chi connectivity index (χ1v) is 25.3. The van der Waals surface area contributed by atoms with E-state index < -0.39 is 0 Å². The number of fused-ring (bicyclic) bond motifs is 2. The summed E-state index contributed by atoms with van der Waals surface area (Å²) in [7, 11) is 0. The van der Waals surface area contributed by atoms with E-state index in [1.165, 1.54) is 60.8 Å². The summed E-state index contributed by atoms with van der Waals surface area (Å²) in [5.41, 5.74) is 7.88. The van der Waals surface area contributed by atoms with Gasteiger partial charge < -0.3 is 28.7 Å². The van der Waals surface area contributed by atoms with Crippen LogP contribution in [0, 0.1) is 27.7 Å². The van der Waals surface area contributed by atoms with Gasteiger partial charge in [-0.2, -0.15) is 10.2 Å². The molecule has 6 fully saturated rings. The summed E-state index contributed by atoms with van der Waals surface area (Å²) in [5.74, 6) is 6.25. The standard InChI is InChI=1S/2C26H34N6O2/c2*1-18-13-21-16-27-32(26-15-25(28-19(2)29-26)31-8-11-33-12-9-31)24(21)14-23(18)20-3-6-30(7-4-20)22-5-10-34-17-22/h2*13-16,20,22H,3-12,17H2,1-2H3. The lowest BCUT2D eigenvalue weighted by molar-refractivity contribution is 0.122. The molecule has 0 saturated carbocycles. The van der Waals surface area contributed by atoms with Gasteiger partial charge in [0.1, 0.15) is 23.3 Å². The van der Waals surface area contributed by atoms with Crippen LogP contribution in [0.4, 0.5) is 11.6 Å². The molecule has 16 heteroatoms. The molecule has 0 N–H and O–H groups in total. The normalized spacial score (nSPS) is 22.6. The zero-order valence-electron chi connectivity index (χ0n) is 40.5. The average molecular weight is 925 g/mol. The number of nitrogens with zero attached hydrogens (tertiary/aromatic N) is 12. The van der Waals surface area contributed by atoms with Crippen molar-refractivity contribution in [3.63, 3.8) is 0 Å². The number of hydrogen-bond acceptors (Lipinski definition) is 14. The number of morpholine rings is 2. The summed E-state index contributed by atoms with van der Waals surface area (Å²) in [4.78, 5) is 28.7. The maximum absolute atomic E-state index is 5.62.